The summed E-state index contributed by atoms with van der Waals surface area (Å²) < 4.78 is 30.0. The van der Waals surface area contributed by atoms with Gasteiger partial charge in [-0.05, 0) is 60.2 Å². The standard InChI is InChI=1S/C28H23Cl2NO4S/c1-2-36(33,34)23-14-7-19(8-15-23)17-28(32)31-21-11-16-24(26(30)18-21)25-5-3-4-6-27(25)35-22-12-9-20(29)10-13-22/h3-16,18H,2,17H2,1H3,(H,31,32). The normalized spacial score (nSPS) is 11.2. The Morgan fingerprint density at radius 3 is 2.22 bits per heavy atom. The molecule has 0 aliphatic carbocycles. The molecule has 184 valence electrons. The quantitative estimate of drug-likeness (QED) is 0.252. The number of carbonyl (C=O) groups is 1. The SMILES string of the molecule is CCS(=O)(=O)c1ccc(CC(=O)Nc2ccc(-c3ccccc3Oc3ccc(Cl)cc3)c(Cl)c2)cc1. The average Bonchev–Trinajstić information content (AvgIpc) is 2.86. The number of benzene rings is 4. The second-order valence-electron chi connectivity index (χ2n) is 8.02. The molecular weight excluding hydrogens is 517 g/mol. The zero-order valence-corrected chi connectivity index (χ0v) is 21.7. The first-order valence-electron chi connectivity index (χ1n) is 11.2. The van der Waals surface area contributed by atoms with Crippen LogP contribution in [0.15, 0.2) is 95.9 Å². The van der Waals surface area contributed by atoms with E-state index >= 15 is 0 Å². The van der Waals surface area contributed by atoms with Gasteiger partial charge in [-0.25, -0.2) is 8.42 Å². The summed E-state index contributed by atoms with van der Waals surface area (Å²) in [6, 6.07) is 26.3. The Morgan fingerprint density at radius 2 is 1.56 bits per heavy atom. The predicted octanol–water partition coefficient (Wildman–Crippen LogP) is 7.43. The van der Waals surface area contributed by atoms with Gasteiger partial charge in [-0.15, -0.1) is 0 Å². The lowest BCUT2D eigenvalue weighted by atomic mass is 10.0. The summed E-state index contributed by atoms with van der Waals surface area (Å²) in [5.41, 5.74) is 2.82. The Bertz CT molecular complexity index is 1490. The highest BCUT2D eigenvalue weighted by Crippen LogP contribution is 2.38. The van der Waals surface area contributed by atoms with Crippen molar-refractivity contribution in [2.75, 3.05) is 11.1 Å². The van der Waals surface area contributed by atoms with Gasteiger partial charge in [-0.1, -0.05) is 66.5 Å². The molecule has 1 amide bonds. The molecular formula is C28H23Cl2NO4S. The first-order valence-corrected chi connectivity index (χ1v) is 13.6. The number of hydrogen-bond donors (Lipinski definition) is 1. The van der Waals surface area contributed by atoms with Crippen LogP contribution in [0, 0.1) is 0 Å². The fourth-order valence-corrected chi connectivity index (χ4v) is 4.88. The molecule has 0 bridgehead atoms. The predicted molar refractivity (Wildman–Crippen MR) is 145 cm³/mol. The molecule has 4 aromatic rings. The van der Waals surface area contributed by atoms with Gasteiger partial charge in [0.05, 0.1) is 22.1 Å². The molecule has 0 aliphatic heterocycles. The van der Waals surface area contributed by atoms with Gasteiger partial charge in [-0.2, -0.15) is 0 Å². The molecule has 0 unspecified atom stereocenters. The Morgan fingerprint density at radius 1 is 0.861 bits per heavy atom. The highest BCUT2D eigenvalue weighted by molar-refractivity contribution is 7.91. The van der Waals surface area contributed by atoms with Gasteiger partial charge in [0.15, 0.2) is 9.84 Å². The van der Waals surface area contributed by atoms with Crippen molar-refractivity contribution in [2.24, 2.45) is 0 Å². The average molecular weight is 540 g/mol. The second kappa shape index (κ2) is 11.2. The topological polar surface area (TPSA) is 72.5 Å². The molecule has 0 aliphatic rings. The molecule has 0 heterocycles. The summed E-state index contributed by atoms with van der Waals surface area (Å²) in [6.45, 7) is 1.60. The van der Waals surface area contributed by atoms with E-state index in [1.807, 2.05) is 30.3 Å². The third kappa shape index (κ3) is 6.26. The van der Waals surface area contributed by atoms with Gasteiger partial charge >= 0.3 is 0 Å². The molecule has 0 atom stereocenters. The molecule has 0 spiro atoms. The molecule has 36 heavy (non-hydrogen) atoms. The molecule has 5 nitrogen and oxygen atoms in total. The minimum atomic E-state index is -3.28. The third-order valence-electron chi connectivity index (χ3n) is 5.50. The first kappa shape index (κ1) is 25.8. The molecule has 0 radical (unpaired) electrons. The van der Waals surface area contributed by atoms with E-state index in [1.54, 1.807) is 55.5 Å². The minimum absolute atomic E-state index is 0.0291. The van der Waals surface area contributed by atoms with Crippen molar-refractivity contribution in [3.05, 3.63) is 107 Å². The minimum Gasteiger partial charge on any atom is -0.457 e. The van der Waals surface area contributed by atoms with Gasteiger partial charge in [0.1, 0.15) is 11.5 Å². The summed E-state index contributed by atoms with van der Waals surface area (Å²) >= 11 is 12.6. The molecule has 4 aromatic carbocycles. The number of rotatable bonds is 8. The van der Waals surface area contributed by atoms with Crippen molar-refractivity contribution in [2.45, 2.75) is 18.2 Å². The van der Waals surface area contributed by atoms with Crippen LogP contribution in [0.3, 0.4) is 0 Å². The number of sulfone groups is 1. The van der Waals surface area contributed by atoms with Crippen LogP contribution in [0.5, 0.6) is 11.5 Å². The lowest BCUT2D eigenvalue weighted by Gasteiger charge is -2.14. The van der Waals surface area contributed by atoms with Crippen molar-refractivity contribution in [1.29, 1.82) is 0 Å². The molecule has 0 saturated carbocycles. The molecule has 8 heteroatoms. The number of nitrogens with one attached hydrogen (secondary N) is 1. The first-order chi connectivity index (χ1) is 17.2. The van der Waals surface area contributed by atoms with Gasteiger partial charge in [-0.3, -0.25) is 4.79 Å². The van der Waals surface area contributed by atoms with E-state index in [9.17, 15) is 13.2 Å². The van der Waals surface area contributed by atoms with Crippen LogP contribution in [0.1, 0.15) is 12.5 Å². The van der Waals surface area contributed by atoms with E-state index in [-0.39, 0.29) is 23.0 Å². The number of hydrogen-bond acceptors (Lipinski definition) is 4. The van der Waals surface area contributed by atoms with Crippen LogP contribution >= 0.6 is 23.2 Å². The summed E-state index contributed by atoms with van der Waals surface area (Å²) in [4.78, 5) is 12.8. The second-order valence-corrected chi connectivity index (χ2v) is 11.1. The van der Waals surface area contributed by atoms with E-state index in [4.69, 9.17) is 27.9 Å². The number of ether oxygens (including phenoxy) is 1. The maximum absolute atomic E-state index is 12.6. The van der Waals surface area contributed by atoms with Crippen molar-refractivity contribution in [3.63, 3.8) is 0 Å². The van der Waals surface area contributed by atoms with Crippen LogP contribution in [0.2, 0.25) is 10.0 Å². The highest BCUT2D eigenvalue weighted by atomic mass is 35.5. The highest BCUT2D eigenvalue weighted by Gasteiger charge is 2.14. The molecule has 0 fully saturated rings. The number of amides is 1. The Balaban J connectivity index is 1.47. The number of carbonyl (C=O) groups excluding carboxylic acids is 1. The Kier molecular flexibility index (Phi) is 7.99. The van der Waals surface area contributed by atoms with E-state index in [1.165, 1.54) is 12.1 Å². The van der Waals surface area contributed by atoms with Crippen LogP contribution in [0.25, 0.3) is 11.1 Å². The molecule has 1 N–H and O–H groups in total. The lowest BCUT2D eigenvalue weighted by Crippen LogP contribution is -2.14. The van der Waals surface area contributed by atoms with Crippen molar-refractivity contribution in [3.8, 4) is 22.6 Å². The van der Waals surface area contributed by atoms with E-state index in [0.717, 1.165) is 11.1 Å². The molecule has 4 rings (SSSR count). The number of halogens is 2. The van der Waals surface area contributed by atoms with Gasteiger partial charge in [0, 0.05) is 21.8 Å². The summed E-state index contributed by atoms with van der Waals surface area (Å²) in [5, 5.41) is 3.92. The van der Waals surface area contributed by atoms with Crippen molar-refractivity contribution >= 4 is 44.6 Å². The van der Waals surface area contributed by atoms with Crippen molar-refractivity contribution < 1.29 is 17.9 Å². The molecule has 0 aromatic heterocycles. The smallest absolute Gasteiger partial charge is 0.228 e. The maximum Gasteiger partial charge on any atom is 0.228 e. The van der Waals surface area contributed by atoms with Crippen LogP contribution in [0.4, 0.5) is 5.69 Å². The third-order valence-corrected chi connectivity index (χ3v) is 7.81. The van der Waals surface area contributed by atoms with Crippen molar-refractivity contribution in [1.82, 2.24) is 0 Å². The molecule has 0 saturated heterocycles. The number of anilines is 1. The fourth-order valence-electron chi connectivity index (χ4n) is 3.59. The largest absolute Gasteiger partial charge is 0.457 e. The van der Waals surface area contributed by atoms with Gasteiger partial charge in [0.2, 0.25) is 5.91 Å². The van der Waals surface area contributed by atoms with E-state index < -0.39 is 9.84 Å². The van der Waals surface area contributed by atoms with Gasteiger partial charge in [0.25, 0.3) is 0 Å². The summed E-state index contributed by atoms with van der Waals surface area (Å²) in [5.74, 6) is 1.07. The fraction of sp³-hybridized carbons (Fsp3) is 0.107. The zero-order chi connectivity index (χ0) is 25.7. The zero-order valence-electron chi connectivity index (χ0n) is 19.4. The maximum atomic E-state index is 12.6. The van der Waals surface area contributed by atoms with E-state index in [2.05, 4.69) is 5.32 Å². The van der Waals surface area contributed by atoms with Gasteiger partial charge < -0.3 is 10.1 Å². The Labute approximate surface area is 220 Å². The van der Waals surface area contributed by atoms with E-state index in [0.29, 0.717) is 32.8 Å². The monoisotopic (exact) mass is 539 g/mol. The number of para-hydroxylation sites is 1. The van der Waals surface area contributed by atoms with Crippen LogP contribution < -0.4 is 10.1 Å². The van der Waals surface area contributed by atoms with Crippen LogP contribution in [-0.2, 0) is 21.1 Å². The Hall–Kier alpha value is -3.32. The summed E-state index contributed by atoms with van der Waals surface area (Å²) in [6.07, 6.45) is 0.101. The summed E-state index contributed by atoms with van der Waals surface area (Å²) in [7, 11) is -3.28. The van der Waals surface area contributed by atoms with Crippen LogP contribution in [-0.4, -0.2) is 20.1 Å². The lowest BCUT2D eigenvalue weighted by molar-refractivity contribution is -0.115.